The Labute approximate surface area is 364 Å². The molecular weight excluding hydrogens is 745 g/mol. The summed E-state index contributed by atoms with van der Waals surface area (Å²) in [7, 11) is 0. The van der Waals surface area contributed by atoms with Crippen molar-refractivity contribution >= 4 is 0 Å². The lowest BCUT2D eigenvalue weighted by Crippen LogP contribution is -2.52. The number of hydrogen-bond donors (Lipinski definition) is 6. The molecule has 0 aromatic carbocycles. The van der Waals surface area contributed by atoms with Gasteiger partial charge in [0.25, 0.3) is 0 Å². The van der Waals surface area contributed by atoms with E-state index < -0.39 is 35.6 Å². The van der Waals surface area contributed by atoms with Crippen molar-refractivity contribution in [2.75, 3.05) is 0 Å². The van der Waals surface area contributed by atoms with E-state index in [1.807, 2.05) is 27.7 Å². The molecule has 0 spiro atoms. The minimum absolute atomic E-state index is 0.217. The average molecular weight is 829 g/mol. The Kier molecular flexibility index (Phi) is 14.4. The topological polar surface area (TPSA) is 121 Å². The van der Waals surface area contributed by atoms with E-state index in [4.69, 9.17) is 0 Å². The molecule has 0 radical (unpaired) electrons. The van der Waals surface area contributed by atoms with Crippen molar-refractivity contribution < 1.29 is 30.6 Å². The van der Waals surface area contributed by atoms with Gasteiger partial charge in [0.05, 0.1) is 35.6 Å². The number of aliphatic hydroxyl groups is 6. The van der Waals surface area contributed by atoms with E-state index in [-0.39, 0.29) is 16.2 Å². The van der Waals surface area contributed by atoms with E-state index in [2.05, 4.69) is 77.7 Å². The first-order valence-electron chi connectivity index (χ1n) is 24.1. The van der Waals surface area contributed by atoms with Crippen LogP contribution in [-0.2, 0) is 0 Å². The summed E-state index contributed by atoms with van der Waals surface area (Å²) in [5.74, 6) is 2.61. The van der Waals surface area contributed by atoms with E-state index in [1.54, 1.807) is 16.7 Å². The van der Waals surface area contributed by atoms with Crippen LogP contribution in [0.4, 0.5) is 0 Å². The molecule has 0 heterocycles. The Hall–Kier alpha value is -2.06. The molecule has 12 atom stereocenters. The van der Waals surface area contributed by atoms with Crippen LogP contribution in [0.2, 0.25) is 0 Å². The second-order valence-electron chi connectivity index (χ2n) is 22.7. The van der Waals surface area contributed by atoms with E-state index >= 15 is 0 Å². The third-order valence-corrected chi connectivity index (χ3v) is 17.1. The van der Waals surface area contributed by atoms with Crippen LogP contribution >= 0.6 is 0 Å². The highest BCUT2D eigenvalue weighted by atomic mass is 16.3. The van der Waals surface area contributed by atoms with Crippen molar-refractivity contribution in [2.24, 2.45) is 45.8 Å². The highest BCUT2D eigenvalue weighted by molar-refractivity contribution is 5.44. The van der Waals surface area contributed by atoms with Crippen LogP contribution in [0.15, 0.2) is 82.0 Å². The lowest BCUT2D eigenvalue weighted by Gasteiger charge is -2.56. The molecule has 6 N–H and O–H groups in total. The van der Waals surface area contributed by atoms with Crippen molar-refractivity contribution in [2.45, 2.75) is 207 Å². The van der Waals surface area contributed by atoms with Gasteiger partial charge in [0, 0.05) is 18.3 Å². The van der Waals surface area contributed by atoms with Gasteiger partial charge < -0.3 is 30.6 Å². The van der Waals surface area contributed by atoms with Crippen LogP contribution in [0.5, 0.6) is 0 Å². The predicted octanol–water partition coefficient (Wildman–Crippen LogP) is 10.9. The molecule has 7 rings (SSSR count). The summed E-state index contributed by atoms with van der Waals surface area (Å²) >= 11 is 0. The summed E-state index contributed by atoms with van der Waals surface area (Å²) in [6.07, 6.45) is 28.4. The Balaban J connectivity index is 0.000000201. The molecule has 0 bridgehead atoms. The summed E-state index contributed by atoms with van der Waals surface area (Å²) in [5.41, 5.74) is 8.39. The fourth-order valence-electron chi connectivity index (χ4n) is 13.5. The molecule has 0 aliphatic heterocycles. The lowest BCUT2D eigenvalue weighted by atomic mass is 9.49. The first-order chi connectivity index (χ1) is 28.0. The zero-order valence-electron chi connectivity index (χ0n) is 39.1. The normalized spacial score (nSPS) is 39.0. The molecule has 0 aromatic heterocycles. The summed E-state index contributed by atoms with van der Waals surface area (Å²) < 4.78 is 0. The number of hydrogen-bond acceptors (Lipinski definition) is 6. The molecule has 6 nitrogen and oxygen atoms in total. The van der Waals surface area contributed by atoms with Gasteiger partial charge in [-0.1, -0.05) is 118 Å². The zero-order chi connectivity index (χ0) is 44.0. The van der Waals surface area contributed by atoms with Crippen LogP contribution < -0.4 is 0 Å². The van der Waals surface area contributed by atoms with Crippen LogP contribution in [-0.4, -0.2) is 66.3 Å². The standard InChI is InChI=1S/2C27H42O3/c1-17(7-6-13-25(2,3)30)21-10-11-22-20-9-8-18-15-19(28)16-24(29)27(18,5)23(20)12-14-26(21,22)4;1-18(8-6-14-26(3,4)30)23-12-13-24-20(9-7-15-27(23,24)5)10-11-21-16-22(28)17-25(29)19(21)2/h8-10,17,19,22-24,28-30H,6-7,11-16H2,1-5H3;10-12,18,22,24-25,28-30H,2,6-9,13-17H2,1,3-5H3/b;20-10+,21-11-/t17-,19+,22?,23?,24-,26+,27-;18-,22+,24?,25-,27+/m00/s1. The van der Waals surface area contributed by atoms with Crippen molar-refractivity contribution in [1.82, 2.24) is 0 Å². The summed E-state index contributed by atoms with van der Waals surface area (Å²) in [4.78, 5) is 0. The SMILES string of the molecule is C=C1/C(=C\C=C2/CCC[C@]3(C)C([C@@H](C)CCCC(C)(C)O)=CCC23)C[C@@H](O)C[C@@H]1O.C[C@@H](CCCC(C)(C)O)C1=CCC2C3=CC=C4C[C@@H](O)C[C@H](O)[C@]4(C)C3CC[C@]12C. The van der Waals surface area contributed by atoms with Gasteiger partial charge in [-0.05, 0) is 163 Å². The third kappa shape index (κ3) is 9.85. The smallest absolute Gasteiger partial charge is 0.0811 e. The molecule has 0 amide bonds. The molecule has 0 saturated heterocycles. The molecule has 4 saturated carbocycles. The van der Waals surface area contributed by atoms with Crippen molar-refractivity contribution in [1.29, 1.82) is 0 Å². The Morgan fingerprint density at radius 2 is 1.32 bits per heavy atom. The van der Waals surface area contributed by atoms with Gasteiger partial charge in [-0.3, -0.25) is 0 Å². The minimum Gasteiger partial charge on any atom is -0.393 e. The second kappa shape index (κ2) is 18.2. The maximum absolute atomic E-state index is 11.0. The maximum Gasteiger partial charge on any atom is 0.0811 e. The molecule has 60 heavy (non-hydrogen) atoms. The summed E-state index contributed by atoms with van der Waals surface area (Å²) in [6.45, 7) is 23.6. The largest absolute Gasteiger partial charge is 0.393 e. The Morgan fingerprint density at radius 3 is 1.92 bits per heavy atom. The molecule has 3 unspecified atom stereocenters. The monoisotopic (exact) mass is 829 g/mol. The van der Waals surface area contributed by atoms with E-state index in [0.717, 1.165) is 75.4 Å². The quantitative estimate of drug-likeness (QED) is 0.115. The van der Waals surface area contributed by atoms with Crippen LogP contribution in [0.3, 0.4) is 0 Å². The van der Waals surface area contributed by atoms with E-state index in [0.29, 0.717) is 55.3 Å². The number of aliphatic hydroxyl groups excluding tert-OH is 4. The van der Waals surface area contributed by atoms with Gasteiger partial charge in [0.2, 0.25) is 0 Å². The first-order valence-corrected chi connectivity index (χ1v) is 24.1. The fraction of sp³-hybridized carbons (Fsp3) is 0.741. The second-order valence-corrected chi connectivity index (χ2v) is 22.7. The van der Waals surface area contributed by atoms with Crippen molar-refractivity contribution in [3.8, 4) is 0 Å². The molecule has 0 aromatic rings. The van der Waals surface area contributed by atoms with Gasteiger partial charge >= 0.3 is 0 Å². The molecule has 7 aliphatic rings. The average Bonchev–Trinajstić information content (AvgIpc) is 3.69. The predicted molar refractivity (Wildman–Crippen MR) is 246 cm³/mol. The molecule has 7 aliphatic carbocycles. The Morgan fingerprint density at radius 1 is 0.750 bits per heavy atom. The highest BCUT2D eigenvalue weighted by Crippen LogP contribution is 2.65. The fourth-order valence-corrected chi connectivity index (χ4v) is 13.5. The third-order valence-electron chi connectivity index (χ3n) is 17.1. The van der Waals surface area contributed by atoms with Crippen molar-refractivity contribution in [3.05, 3.63) is 82.0 Å². The zero-order valence-corrected chi connectivity index (χ0v) is 39.1. The lowest BCUT2D eigenvalue weighted by molar-refractivity contribution is -0.0492. The Bertz CT molecular complexity index is 1760. The summed E-state index contributed by atoms with van der Waals surface area (Å²) in [6, 6.07) is 0. The van der Waals surface area contributed by atoms with Crippen LogP contribution in [0, 0.1) is 45.8 Å². The molecule has 336 valence electrons. The molecule has 6 heteroatoms. The van der Waals surface area contributed by atoms with Crippen LogP contribution in [0.1, 0.15) is 171 Å². The number of rotatable bonds is 11. The van der Waals surface area contributed by atoms with Gasteiger partial charge in [-0.2, -0.15) is 0 Å². The van der Waals surface area contributed by atoms with Gasteiger partial charge in [-0.15, -0.1) is 0 Å². The van der Waals surface area contributed by atoms with Gasteiger partial charge in [-0.25, -0.2) is 0 Å². The molecular formula is C54H84O6. The number of allylic oxidation sites excluding steroid dienone is 10. The van der Waals surface area contributed by atoms with Crippen molar-refractivity contribution in [3.63, 3.8) is 0 Å². The molecule has 4 fully saturated rings. The minimum atomic E-state index is -0.625. The van der Waals surface area contributed by atoms with Crippen LogP contribution in [0.25, 0.3) is 0 Å². The summed E-state index contributed by atoms with van der Waals surface area (Å²) in [5, 5.41) is 61.4. The highest BCUT2D eigenvalue weighted by Gasteiger charge is 2.57. The van der Waals surface area contributed by atoms with E-state index in [9.17, 15) is 30.6 Å². The van der Waals surface area contributed by atoms with E-state index in [1.165, 1.54) is 30.4 Å². The van der Waals surface area contributed by atoms with Gasteiger partial charge in [0.15, 0.2) is 0 Å². The maximum atomic E-state index is 11.0. The first kappa shape index (κ1) is 47.4. The number of fused-ring (bicyclic) bond motifs is 6. The van der Waals surface area contributed by atoms with Gasteiger partial charge in [0.1, 0.15) is 0 Å².